The van der Waals surface area contributed by atoms with Crippen molar-refractivity contribution >= 4 is 0 Å². The standard InChI is InChI=1S/C9H17O/c1-4-7-10-8-5-6-9(2)3/h7H,2,4-6,8H2,1,3H3. The Hall–Kier alpha value is -0.300. The third-order valence-electron chi connectivity index (χ3n) is 1.15. The molecule has 1 heteroatoms. The Kier molecular flexibility index (Phi) is 6.61. The first kappa shape index (κ1) is 9.70. The van der Waals surface area contributed by atoms with Crippen molar-refractivity contribution in [1.82, 2.24) is 0 Å². The monoisotopic (exact) mass is 141 g/mol. The molecule has 0 aromatic heterocycles. The zero-order valence-corrected chi connectivity index (χ0v) is 7.02. The first-order valence-electron chi connectivity index (χ1n) is 3.85. The molecule has 0 N–H and O–H groups in total. The molecule has 0 aromatic rings. The highest BCUT2D eigenvalue weighted by atomic mass is 16.5. The molecule has 0 saturated carbocycles. The van der Waals surface area contributed by atoms with Gasteiger partial charge in [-0.2, -0.15) is 0 Å². The molecule has 0 aromatic carbocycles. The van der Waals surface area contributed by atoms with E-state index in [2.05, 4.69) is 13.5 Å². The van der Waals surface area contributed by atoms with Gasteiger partial charge in [-0.1, -0.05) is 12.5 Å². The second-order valence-corrected chi connectivity index (χ2v) is 2.51. The summed E-state index contributed by atoms with van der Waals surface area (Å²) in [5.41, 5.74) is 1.24. The van der Waals surface area contributed by atoms with Crippen LogP contribution in [0.2, 0.25) is 0 Å². The Balaban J connectivity index is 2.84. The number of hydrogen-bond acceptors (Lipinski definition) is 1. The third kappa shape index (κ3) is 7.70. The Morgan fingerprint density at radius 2 is 2.30 bits per heavy atom. The van der Waals surface area contributed by atoms with Crippen LogP contribution < -0.4 is 0 Å². The molecule has 0 aliphatic rings. The van der Waals surface area contributed by atoms with Gasteiger partial charge in [-0.25, -0.2) is 0 Å². The van der Waals surface area contributed by atoms with Gasteiger partial charge in [-0.05, 0) is 26.2 Å². The van der Waals surface area contributed by atoms with Crippen LogP contribution in [-0.4, -0.2) is 6.61 Å². The van der Waals surface area contributed by atoms with Crippen LogP contribution in [0.15, 0.2) is 12.2 Å². The summed E-state index contributed by atoms with van der Waals surface area (Å²) in [7, 11) is 0. The number of allylic oxidation sites excluding steroid dienone is 1. The van der Waals surface area contributed by atoms with E-state index < -0.39 is 0 Å². The molecule has 10 heavy (non-hydrogen) atoms. The zero-order valence-electron chi connectivity index (χ0n) is 7.02. The molecule has 0 bridgehead atoms. The van der Waals surface area contributed by atoms with Crippen LogP contribution in [0.3, 0.4) is 0 Å². The maximum Gasteiger partial charge on any atom is 0.0833 e. The molecule has 0 aliphatic carbocycles. The SMILES string of the molecule is C=C(C)CCCO[CH]CC. The van der Waals surface area contributed by atoms with Gasteiger partial charge < -0.3 is 4.74 Å². The number of rotatable bonds is 6. The molecule has 0 saturated heterocycles. The number of ether oxygens (including phenoxy) is 1. The molecule has 1 nitrogen and oxygen atoms in total. The van der Waals surface area contributed by atoms with E-state index in [0.717, 1.165) is 25.9 Å². The minimum Gasteiger partial charge on any atom is -0.376 e. The lowest BCUT2D eigenvalue weighted by atomic mass is 10.2. The highest BCUT2D eigenvalue weighted by molar-refractivity contribution is 4.86. The van der Waals surface area contributed by atoms with Crippen molar-refractivity contribution < 1.29 is 4.74 Å². The molecule has 0 unspecified atom stereocenters. The molecular weight excluding hydrogens is 124 g/mol. The van der Waals surface area contributed by atoms with E-state index in [1.165, 1.54) is 5.57 Å². The van der Waals surface area contributed by atoms with Crippen molar-refractivity contribution in [3.05, 3.63) is 18.8 Å². The second kappa shape index (κ2) is 6.81. The van der Waals surface area contributed by atoms with Crippen molar-refractivity contribution in [2.75, 3.05) is 6.61 Å². The van der Waals surface area contributed by atoms with Gasteiger partial charge in [-0.15, -0.1) is 6.58 Å². The lowest BCUT2D eigenvalue weighted by Crippen LogP contribution is -1.90. The molecule has 0 heterocycles. The van der Waals surface area contributed by atoms with E-state index in [4.69, 9.17) is 4.74 Å². The molecule has 0 aliphatic heterocycles. The van der Waals surface area contributed by atoms with E-state index in [1.54, 1.807) is 0 Å². The topological polar surface area (TPSA) is 9.23 Å². The number of hydrogen-bond donors (Lipinski definition) is 0. The summed E-state index contributed by atoms with van der Waals surface area (Å²) in [4.78, 5) is 0. The highest BCUT2D eigenvalue weighted by Gasteiger charge is 1.88. The van der Waals surface area contributed by atoms with Gasteiger partial charge in [0.05, 0.1) is 6.61 Å². The predicted octanol–water partition coefficient (Wildman–Crippen LogP) is 2.93. The fourth-order valence-corrected chi connectivity index (χ4v) is 0.658. The lowest BCUT2D eigenvalue weighted by molar-refractivity contribution is 0.191. The van der Waals surface area contributed by atoms with E-state index >= 15 is 0 Å². The van der Waals surface area contributed by atoms with Crippen LogP contribution in [0, 0.1) is 6.61 Å². The van der Waals surface area contributed by atoms with Crippen LogP contribution in [0.5, 0.6) is 0 Å². The zero-order chi connectivity index (χ0) is 7.82. The van der Waals surface area contributed by atoms with Crippen molar-refractivity contribution in [2.45, 2.75) is 33.1 Å². The fraction of sp³-hybridized carbons (Fsp3) is 0.667. The Morgan fingerprint density at radius 1 is 1.60 bits per heavy atom. The Labute approximate surface area is 64.1 Å². The van der Waals surface area contributed by atoms with Gasteiger partial charge in [0.1, 0.15) is 0 Å². The second-order valence-electron chi connectivity index (χ2n) is 2.51. The molecule has 0 atom stereocenters. The van der Waals surface area contributed by atoms with Gasteiger partial charge in [0.25, 0.3) is 0 Å². The summed E-state index contributed by atoms with van der Waals surface area (Å²) < 4.78 is 5.17. The molecular formula is C9H17O. The Morgan fingerprint density at radius 3 is 2.80 bits per heavy atom. The maximum atomic E-state index is 5.17. The molecule has 0 amide bonds. The van der Waals surface area contributed by atoms with Gasteiger partial charge >= 0.3 is 0 Å². The van der Waals surface area contributed by atoms with Crippen LogP contribution in [0.25, 0.3) is 0 Å². The summed E-state index contributed by atoms with van der Waals surface area (Å²) in [6.45, 7) is 10.6. The van der Waals surface area contributed by atoms with E-state index in [-0.39, 0.29) is 0 Å². The summed E-state index contributed by atoms with van der Waals surface area (Å²) in [6, 6.07) is 0. The van der Waals surface area contributed by atoms with Crippen molar-refractivity contribution in [3.63, 3.8) is 0 Å². The summed E-state index contributed by atoms with van der Waals surface area (Å²) in [5.74, 6) is 0. The van der Waals surface area contributed by atoms with E-state index in [1.807, 2.05) is 13.5 Å². The average molecular weight is 141 g/mol. The summed E-state index contributed by atoms with van der Waals surface area (Å²) >= 11 is 0. The minimum absolute atomic E-state index is 0.834. The molecule has 1 radical (unpaired) electrons. The lowest BCUT2D eigenvalue weighted by Gasteiger charge is -2.00. The van der Waals surface area contributed by atoms with Gasteiger partial charge in [0.15, 0.2) is 0 Å². The van der Waals surface area contributed by atoms with Gasteiger partial charge in [0.2, 0.25) is 0 Å². The summed E-state index contributed by atoms with van der Waals surface area (Å²) in [6.07, 6.45) is 3.16. The van der Waals surface area contributed by atoms with E-state index in [0.29, 0.717) is 0 Å². The largest absolute Gasteiger partial charge is 0.376 e. The molecule has 59 valence electrons. The molecule has 0 rings (SSSR count). The van der Waals surface area contributed by atoms with Crippen molar-refractivity contribution in [2.24, 2.45) is 0 Å². The average Bonchev–Trinajstić information content (AvgIpc) is 1.87. The van der Waals surface area contributed by atoms with Gasteiger partial charge in [-0.3, -0.25) is 0 Å². The third-order valence-corrected chi connectivity index (χ3v) is 1.15. The van der Waals surface area contributed by atoms with Crippen molar-refractivity contribution in [1.29, 1.82) is 0 Å². The highest BCUT2D eigenvalue weighted by Crippen LogP contribution is 2.00. The minimum atomic E-state index is 0.834. The first-order chi connectivity index (χ1) is 4.77. The quantitative estimate of drug-likeness (QED) is 0.408. The fourth-order valence-electron chi connectivity index (χ4n) is 0.658. The summed E-state index contributed by atoms with van der Waals surface area (Å²) in [5, 5.41) is 0. The maximum absolute atomic E-state index is 5.17. The molecule has 0 spiro atoms. The predicted molar refractivity (Wildman–Crippen MR) is 44.6 cm³/mol. The van der Waals surface area contributed by atoms with Crippen LogP contribution in [0.4, 0.5) is 0 Å². The van der Waals surface area contributed by atoms with Crippen molar-refractivity contribution in [3.8, 4) is 0 Å². The first-order valence-corrected chi connectivity index (χ1v) is 3.85. The smallest absolute Gasteiger partial charge is 0.0833 e. The van der Waals surface area contributed by atoms with Crippen LogP contribution >= 0.6 is 0 Å². The van der Waals surface area contributed by atoms with Gasteiger partial charge in [0, 0.05) is 6.61 Å². The van der Waals surface area contributed by atoms with E-state index in [9.17, 15) is 0 Å². The normalized spacial score (nSPS) is 9.80. The Bertz CT molecular complexity index is 86.7. The molecule has 0 fully saturated rings. The van der Waals surface area contributed by atoms with Crippen LogP contribution in [-0.2, 0) is 4.74 Å². The van der Waals surface area contributed by atoms with Crippen LogP contribution in [0.1, 0.15) is 33.1 Å².